The van der Waals surface area contributed by atoms with Crippen molar-refractivity contribution in [2.45, 2.75) is 37.7 Å². The Morgan fingerprint density at radius 2 is 1.88 bits per heavy atom. The lowest BCUT2D eigenvalue weighted by atomic mass is 10.1. The van der Waals surface area contributed by atoms with E-state index in [1.54, 1.807) is 60.8 Å². The Morgan fingerprint density at radius 3 is 2.60 bits per heavy atom. The zero-order chi connectivity index (χ0) is 34.5. The summed E-state index contributed by atoms with van der Waals surface area (Å²) in [5, 5.41) is 11.3. The maximum absolute atomic E-state index is 13.6. The van der Waals surface area contributed by atoms with E-state index < -0.39 is 70.8 Å². The van der Waals surface area contributed by atoms with E-state index in [9.17, 15) is 33.3 Å². The number of phosphoric ester groups is 1. The Hall–Kier alpha value is -4.34. The molecule has 0 radical (unpaired) electrons. The van der Waals surface area contributed by atoms with Gasteiger partial charge in [-0.05, 0) is 36.8 Å². The molecule has 48 heavy (non-hydrogen) atoms. The number of aliphatic carboxylic acids is 1. The second-order valence-corrected chi connectivity index (χ2v) is 14.2. The molecule has 1 saturated heterocycles. The fourth-order valence-corrected chi connectivity index (χ4v) is 7.61. The van der Waals surface area contributed by atoms with Gasteiger partial charge in [0.05, 0.1) is 25.6 Å². The number of hydrogen-bond donors (Lipinski definition) is 4. The maximum Gasteiger partial charge on any atom is 0.479 e. The molecule has 0 saturated carbocycles. The number of ether oxygens (including phenoxy) is 3. The van der Waals surface area contributed by atoms with Crippen molar-refractivity contribution in [1.29, 1.82) is 0 Å². The minimum absolute atomic E-state index is 0.0939. The zero-order valence-electron chi connectivity index (χ0n) is 25.4. The summed E-state index contributed by atoms with van der Waals surface area (Å²) in [6, 6.07) is 17.1. The molecule has 4 N–H and O–H groups in total. The van der Waals surface area contributed by atoms with E-state index in [2.05, 4.69) is 14.6 Å². The van der Waals surface area contributed by atoms with Crippen LogP contribution < -0.4 is 15.7 Å². The van der Waals surface area contributed by atoms with Crippen LogP contribution in [0.25, 0.3) is 16.9 Å². The minimum atomic E-state index is -5.20. The van der Waals surface area contributed by atoms with Gasteiger partial charge in [-0.15, -0.1) is 0 Å². The summed E-state index contributed by atoms with van der Waals surface area (Å²) in [5.74, 6) is -0.618. The van der Waals surface area contributed by atoms with E-state index in [0.29, 0.717) is 28.3 Å². The summed E-state index contributed by atoms with van der Waals surface area (Å²) in [5.41, 5.74) is 1.43. The summed E-state index contributed by atoms with van der Waals surface area (Å²) in [6.07, 6.45) is -2.89. The number of fused-ring (bicyclic) bond motifs is 1. The van der Waals surface area contributed by atoms with Gasteiger partial charge in [-0.25, -0.2) is 23.4 Å². The smallest absolute Gasteiger partial charge is 0.479 e. The predicted molar refractivity (Wildman–Crippen MR) is 169 cm³/mol. The molecule has 1 aliphatic heterocycles. The lowest BCUT2D eigenvalue weighted by Crippen LogP contribution is -2.32. The first-order chi connectivity index (χ1) is 22.8. The van der Waals surface area contributed by atoms with E-state index in [-0.39, 0.29) is 12.8 Å². The van der Waals surface area contributed by atoms with Crippen molar-refractivity contribution < 1.29 is 56.7 Å². The Kier molecular flexibility index (Phi) is 10.8. The van der Waals surface area contributed by atoms with Gasteiger partial charge in [0, 0.05) is 36.5 Å². The van der Waals surface area contributed by atoms with Gasteiger partial charge in [0.2, 0.25) is 0 Å². The molecule has 5 rings (SSSR count). The van der Waals surface area contributed by atoms with Gasteiger partial charge in [0.1, 0.15) is 29.8 Å². The van der Waals surface area contributed by atoms with Gasteiger partial charge in [-0.3, -0.25) is 28.2 Å². The number of anilines is 1. The standard InChI is InChI=1S/C29H32N4O13P2/c1-42-21-10-5-7-19(15-21)22-17-33-25(31-22)12-13-32(29(33)37)26-16-23(45-28(36)30-20-8-3-2-4-9-20)24(44-26)18-43-48(40,41)46-47(38,39)14-6-11-27(34)35/h2-5,7-10,12-13,15,17,23-24,26H,6,11,14,16,18H2,1H3,(H,30,36)(H,34,35)(H,38,39)(H,40,41)/t23-,24-,26-/m1/s1. The molecule has 0 spiro atoms. The fourth-order valence-electron chi connectivity index (χ4n) is 4.92. The van der Waals surface area contributed by atoms with Crippen LogP contribution >= 0.6 is 15.4 Å². The summed E-state index contributed by atoms with van der Waals surface area (Å²) in [4.78, 5) is 61.7. The molecule has 1 fully saturated rings. The van der Waals surface area contributed by atoms with Gasteiger partial charge in [-0.1, -0.05) is 30.3 Å². The van der Waals surface area contributed by atoms with Gasteiger partial charge in [0.15, 0.2) is 0 Å². The highest BCUT2D eigenvalue weighted by Gasteiger charge is 2.42. The van der Waals surface area contributed by atoms with Crippen molar-refractivity contribution in [3.05, 3.63) is 83.5 Å². The molecule has 4 aromatic rings. The van der Waals surface area contributed by atoms with Crippen LogP contribution in [0.3, 0.4) is 0 Å². The van der Waals surface area contributed by atoms with Gasteiger partial charge < -0.3 is 29.1 Å². The van der Waals surface area contributed by atoms with Crippen molar-refractivity contribution in [1.82, 2.24) is 14.0 Å². The molecule has 3 heterocycles. The molecule has 1 aliphatic rings. The number of carboxylic acids is 1. The number of carbonyl (C=O) groups is 2. The summed E-state index contributed by atoms with van der Waals surface area (Å²) in [6.45, 7) is -0.759. The molecule has 0 bridgehead atoms. The quantitative estimate of drug-likeness (QED) is 0.134. The molecule has 1 amide bonds. The lowest BCUT2D eigenvalue weighted by molar-refractivity contribution is -0.137. The second kappa shape index (κ2) is 14.8. The fraction of sp³-hybridized carbons (Fsp3) is 0.310. The molecular formula is C29H32N4O13P2. The monoisotopic (exact) mass is 706 g/mol. The minimum Gasteiger partial charge on any atom is -0.497 e. The number of aromatic nitrogens is 3. The SMILES string of the molecule is COc1cccc(-c2cn3c(=O)n([C@H]4C[C@@H](OC(=O)Nc5ccccc5)[C@@H](COP(=O)(O)OP(=O)(O)CCCC(=O)O)O4)ccc3n2)c1. The van der Waals surface area contributed by atoms with E-state index in [0.717, 1.165) is 0 Å². The molecule has 2 aromatic carbocycles. The van der Waals surface area contributed by atoms with E-state index >= 15 is 0 Å². The average Bonchev–Trinajstić information content (AvgIpc) is 3.65. The van der Waals surface area contributed by atoms with Crippen molar-refractivity contribution in [3.63, 3.8) is 0 Å². The van der Waals surface area contributed by atoms with Gasteiger partial charge >= 0.3 is 33.2 Å². The topological polar surface area (TPSA) is 226 Å². The lowest BCUT2D eigenvalue weighted by Gasteiger charge is -2.21. The number of benzene rings is 2. The number of phosphoric acid groups is 1. The third-order valence-electron chi connectivity index (χ3n) is 7.14. The van der Waals surface area contributed by atoms with E-state index in [1.165, 1.54) is 22.3 Å². The first-order valence-electron chi connectivity index (χ1n) is 14.5. The number of amides is 1. The summed E-state index contributed by atoms with van der Waals surface area (Å²) < 4.78 is 53.6. The normalized spacial score (nSPS) is 20.1. The van der Waals surface area contributed by atoms with Crippen LogP contribution in [-0.2, 0) is 32.2 Å². The van der Waals surface area contributed by atoms with Crippen LogP contribution in [0.1, 0.15) is 25.5 Å². The molecule has 17 nitrogen and oxygen atoms in total. The summed E-state index contributed by atoms with van der Waals surface area (Å²) >= 11 is 0. The van der Waals surface area contributed by atoms with Gasteiger partial charge in [-0.2, -0.15) is 0 Å². The van der Waals surface area contributed by atoms with Crippen LogP contribution in [0, 0.1) is 0 Å². The predicted octanol–water partition coefficient (Wildman–Crippen LogP) is 4.26. The van der Waals surface area contributed by atoms with Crippen LogP contribution in [0.2, 0.25) is 0 Å². The maximum atomic E-state index is 13.6. The Bertz CT molecular complexity index is 1930. The number of hydrogen-bond acceptors (Lipinski definition) is 11. The van der Waals surface area contributed by atoms with Crippen molar-refractivity contribution in [2.75, 3.05) is 25.2 Å². The zero-order valence-corrected chi connectivity index (χ0v) is 27.1. The van der Waals surface area contributed by atoms with Crippen molar-refractivity contribution in [2.24, 2.45) is 0 Å². The molecule has 256 valence electrons. The third-order valence-corrected chi connectivity index (χ3v) is 10.3. The Balaban J connectivity index is 1.34. The first-order valence-corrected chi connectivity index (χ1v) is 17.7. The molecular weight excluding hydrogens is 674 g/mol. The largest absolute Gasteiger partial charge is 0.497 e. The highest BCUT2D eigenvalue weighted by atomic mass is 31.3. The van der Waals surface area contributed by atoms with E-state index in [4.69, 9.17) is 23.8 Å². The van der Waals surface area contributed by atoms with Gasteiger partial charge in [0.25, 0.3) is 0 Å². The van der Waals surface area contributed by atoms with E-state index in [1.807, 2.05) is 6.07 Å². The summed E-state index contributed by atoms with van der Waals surface area (Å²) in [7, 11) is -8.39. The van der Waals surface area contributed by atoms with Crippen LogP contribution in [0.4, 0.5) is 10.5 Å². The molecule has 19 heteroatoms. The number of para-hydroxylation sites is 1. The highest BCUT2D eigenvalue weighted by Crippen LogP contribution is 2.60. The first kappa shape index (κ1) is 35.0. The number of nitrogens with zero attached hydrogens (tertiary/aromatic N) is 3. The molecule has 0 aliphatic carbocycles. The number of carboxylic acid groups (broad SMARTS) is 1. The second-order valence-electron chi connectivity index (χ2n) is 10.6. The Morgan fingerprint density at radius 1 is 1.10 bits per heavy atom. The number of nitrogens with one attached hydrogen (secondary N) is 1. The number of rotatable bonds is 14. The molecule has 5 atom stereocenters. The van der Waals surface area contributed by atoms with Crippen LogP contribution in [0.5, 0.6) is 5.75 Å². The van der Waals surface area contributed by atoms with Crippen molar-refractivity contribution in [3.8, 4) is 17.0 Å². The Labute approximate surface area is 272 Å². The third kappa shape index (κ3) is 8.96. The average molecular weight is 707 g/mol. The van der Waals surface area contributed by atoms with Crippen LogP contribution in [0.15, 0.2) is 77.9 Å². The van der Waals surface area contributed by atoms with Crippen molar-refractivity contribution >= 4 is 38.8 Å². The van der Waals surface area contributed by atoms with Crippen LogP contribution in [-0.4, -0.2) is 73.0 Å². The highest BCUT2D eigenvalue weighted by molar-refractivity contribution is 7.64. The molecule has 2 unspecified atom stereocenters. The molecule has 2 aromatic heterocycles. The number of methoxy groups -OCH3 is 1. The number of carbonyl (C=O) groups excluding carboxylic acids is 1. The number of imidazole rings is 1.